The number of aryl methyl sites for hydroxylation is 1. The number of aliphatic hydroxyl groups excluding tert-OH is 2. The Bertz CT molecular complexity index is 1290. The number of carbonyl (C=O) groups excluding carboxylic acids is 1. The van der Waals surface area contributed by atoms with Crippen LogP contribution in [0, 0.1) is 5.92 Å². The van der Waals surface area contributed by atoms with Gasteiger partial charge < -0.3 is 25.2 Å². The number of aromatic nitrogens is 5. The van der Waals surface area contributed by atoms with Crippen LogP contribution < -0.4 is 10.2 Å². The first-order valence-corrected chi connectivity index (χ1v) is 13.9. The number of ether oxygens (including phenoxy) is 1. The number of rotatable bonds is 10. The maximum atomic E-state index is 14.0. The molecule has 1 amide bonds. The predicted molar refractivity (Wildman–Crippen MR) is 142 cm³/mol. The summed E-state index contributed by atoms with van der Waals surface area (Å²) in [5, 5.41) is 21.2. The van der Waals surface area contributed by atoms with Crippen molar-refractivity contribution in [2.45, 2.75) is 63.5 Å². The van der Waals surface area contributed by atoms with Crippen LogP contribution in [0.2, 0.25) is 0 Å². The van der Waals surface area contributed by atoms with Crippen molar-refractivity contribution in [3.8, 4) is 5.95 Å². The number of para-hydroxylation sites is 2. The van der Waals surface area contributed by atoms with Gasteiger partial charge in [-0.3, -0.25) is 9.36 Å². The van der Waals surface area contributed by atoms with Crippen molar-refractivity contribution in [1.29, 1.82) is 0 Å². The van der Waals surface area contributed by atoms with Gasteiger partial charge in [-0.25, -0.2) is 13.8 Å². The van der Waals surface area contributed by atoms with Crippen LogP contribution in [0.1, 0.15) is 56.6 Å². The third-order valence-corrected chi connectivity index (χ3v) is 7.62. The molecule has 2 aromatic heterocycles. The van der Waals surface area contributed by atoms with Crippen LogP contribution in [0.15, 0.2) is 24.3 Å². The summed E-state index contributed by atoms with van der Waals surface area (Å²) in [5.41, 5.74) is 0.962. The van der Waals surface area contributed by atoms with Crippen LogP contribution in [-0.4, -0.2) is 85.7 Å². The Balaban J connectivity index is 1.30. The number of benzene rings is 1. The second-order valence-electron chi connectivity index (χ2n) is 10.4. The molecule has 2 aliphatic rings. The van der Waals surface area contributed by atoms with Crippen LogP contribution >= 0.6 is 0 Å². The van der Waals surface area contributed by atoms with E-state index in [1.807, 2.05) is 4.90 Å². The molecule has 1 aromatic carbocycles. The van der Waals surface area contributed by atoms with Crippen LogP contribution in [0.5, 0.6) is 0 Å². The lowest BCUT2D eigenvalue weighted by Crippen LogP contribution is -2.44. The fraction of sp³-hybridized carbons (Fsp3) is 0.593. The summed E-state index contributed by atoms with van der Waals surface area (Å²) in [6, 6.07) is 6.95. The summed E-state index contributed by atoms with van der Waals surface area (Å²) in [5.74, 6) is 0.678. The van der Waals surface area contributed by atoms with Crippen molar-refractivity contribution >= 4 is 22.9 Å². The molecule has 3 heterocycles. The largest absolute Gasteiger partial charge is 0.393 e. The van der Waals surface area contributed by atoms with Gasteiger partial charge in [0.1, 0.15) is 5.82 Å². The molecule has 1 unspecified atom stereocenters. The zero-order valence-corrected chi connectivity index (χ0v) is 22.3. The molecule has 1 aliphatic heterocycles. The van der Waals surface area contributed by atoms with E-state index >= 15 is 0 Å². The lowest BCUT2D eigenvalue weighted by Gasteiger charge is -2.29. The average molecular weight is 560 g/mol. The fourth-order valence-corrected chi connectivity index (χ4v) is 5.44. The van der Waals surface area contributed by atoms with Gasteiger partial charge in [0, 0.05) is 25.6 Å². The number of alkyl halides is 2. The highest BCUT2D eigenvalue weighted by molar-refractivity contribution is 5.80. The Morgan fingerprint density at radius 1 is 1.05 bits per heavy atom. The predicted octanol–water partition coefficient (Wildman–Crippen LogP) is 2.34. The summed E-state index contributed by atoms with van der Waals surface area (Å²) in [4.78, 5) is 31.9. The molecule has 1 saturated carbocycles. The maximum absolute atomic E-state index is 14.0. The Kier molecular flexibility index (Phi) is 9.12. The number of imidazole rings is 1. The molecular formula is C27H35F2N7O4. The number of aliphatic hydroxyl groups is 2. The lowest BCUT2D eigenvalue weighted by atomic mass is 9.83. The number of fused-ring (bicyclic) bond motifs is 1. The van der Waals surface area contributed by atoms with E-state index in [1.165, 1.54) is 4.57 Å². The lowest BCUT2D eigenvalue weighted by molar-refractivity contribution is -0.132. The molecule has 5 rings (SSSR count). The summed E-state index contributed by atoms with van der Waals surface area (Å²) in [6.07, 6.45) is 1.68. The maximum Gasteiger partial charge on any atom is 0.296 e. The molecule has 3 aromatic rings. The standard InChI is InChI=1S/C27H35F2N7O4/c28-23(29)24-31-19-5-1-2-6-20(19)36(24)27-33-22(32-26(34-27)35-12-14-40-15-13-35)7-3-4-17-8-10-18(11-9-17)30-25(39)21(38)16-37/h1-2,5-6,17-18,21,23,37-38H,3-4,7-16H2,(H,30,39). The number of nitrogens with zero attached hydrogens (tertiary/aromatic N) is 6. The molecule has 0 radical (unpaired) electrons. The summed E-state index contributed by atoms with van der Waals surface area (Å²) < 4.78 is 34.9. The molecule has 1 atom stereocenters. The summed E-state index contributed by atoms with van der Waals surface area (Å²) in [7, 11) is 0. The first-order chi connectivity index (χ1) is 19.4. The summed E-state index contributed by atoms with van der Waals surface area (Å²) in [6.45, 7) is 1.69. The van der Waals surface area contributed by atoms with Gasteiger partial charge in [-0.15, -0.1) is 0 Å². The van der Waals surface area contributed by atoms with E-state index in [2.05, 4.69) is 20.3 Å². The number of hydrogen-bond acceptors (Lipinski definition) is 9. The quantitative estimate of drug-likeness (QED) is 0.342. The Morgan fingerprint density at radius 3 is 2.50 bits per heavy atom. The topological polar surface area (TPSA) is 139 Å². The smallest absolute Gasteiger partial charge is 0.296 e. The number of morpholine rings is 1. The summed E-state index contributed by atoms with van der Waals surface area (Å²) >= 11 is 0. The SMILES string of the molecule is O=C(NC1CCC(CCCc2nc(N3CCOCC3)nc(-n3c(C(F)F)nc4ccccc43)n2)CC1)C(O)CO. The van der Waals surface area contributed by atoms with E-state index in [-0.39, 0.29) is 12.0 Å². The molecule has 13 heteroatoms. The minimum Gasteiger partial charge on any atom is -0.393 e. The third-order valence-electron chi connectivity index (χ3n) is 7.62. The Labute approximate surface area is 230 Å². The van der Waals surface area contributed by atoms with Crippen LogP contribution in [0.3, 0.4) is 0 Å². The molecule has 1 aliphatic carbocycles. The van der Waals surface area contributed by atoms with Gasteiger partial charge in [-0.1, -0.05) is 18.6 Å². The van der Waals surface area contributed by atoms with Crippen LogP contribution in [-0.2, 0) is 16.0 Å². The molecule has 0 spiro atoms. The van der Waals surface area contributed by atoms with E-state index in [0.717, 1.165) is 38.5 Å². The highest BCUT2D eigenvalue weighted by atomic mass is 19.3. The van der Waals surface area contributed by atoms with Gasteiger partial charge in [0.15, 0.2) is 11.9 Å². The van der Waals surface area contributed by atoms with Crippen LogP contribution in [0.25, 0.3) is 17.0 Å². The molecule has 0 bridgehead atoms. The first kappa shape index (κ1) is 28.2. The van der Waals surface area contributed by atoms with Gasteiger partial charge in [0.05, 0.1) is 30.9 Å². The zero-order valence-electron chi connectivity index (χ0n) is 22.3. The van der Waals surface area contributed by atoms with Crippen molar-refractivity contribution in [3.05, 3.63) is 35.9 Å². The molecule has 1 saturated heterocycles. The van der Waals surface area contributed by atoms with E-state index in [4.69, 9.17) is 14.8 Å². The molecule has 40 heavy (non-hydrogen) atoms. The first-order valence-electron chi connectivity index (χ1n) is 13.9. The van der Waals surface area contributed by atoms with Gasteiger partial charge >= 0.3 is 0 Å². The van der Waals surface area contributed by atoms with E-state index in [1.54, 1.807) is 24.3 Å². The van der Waals surface area contributed by atoms with Gasteiger partial charge in [0.25, 0.3) is 12.3 Å². The van der Waals surface area contributed by atoms with Gasteiger partial charge in [-0.2, -0.15) is 15.0 Å². The van der Waals surface area contributed by atoms with Crippen molar-refractivity contribution in [2.75, 3.05) is 37.8 Å². The average Bonchev–Trinajstić information content (AvgIpc) is 3.38. The number of hydrogen-bond donors (Lipinski definition) is 3. The molecular weight excluding hydrogens is 524 g/mol. The number of carbonyl (C=O) groups is 1. The molecule has 3 N–H and O–H groups in total. The number of anilines is 1. The number of nitrogens with one attached hydrogen (secondary N) is 1. The Hall–Kier alpha value is -3.29. The van der Waals surface area contributed by atoms with E-state index in [9.17, 15) is 18.7 Å². The van der Waals surface area contributed by atoms with E-state index < -0.39 is 30.9 Å². The normalized spacial score (nSPS) is 20.7. The molecule has 11 nitrogen and oxygen atoms in total. The van der Waals surface area contributed by atoms with Crippen molar-refractivity contribution in [2.24, 2.45) is 5.92 Å². The second kappa shape index (κ2) is 12.9. The third kappa shape index (κ3) is 6.53. The van der Waals surface area contributed by atoms with Crippen molar-refractivity contribution in [3.63, 3.8) is 0 Å². The number of halogens is 2. The minimum atomic E-state index is -2.80. The highest BCUT2D eigenvalue weighted by Crippen LogP contribution is 2.30. The van der Waals surface area contributed by atoms with Gasteiger partial charge in [0.2, 0.25) is 11.9 Å². The van der Waals surface area contributed by atoms with Gasteiger partial charge in [-0.05, 0) is 50.2 Å². The van der Waals surface area contributed by atoms with Crippen molar-refractivity contribution in [1.82, 2.24) is 29.8 Å². The second-order valence-corrected chi connectivity index (χ2v) is 10.4. The Morgan fingerprint density at radius 2 is 1.77 bits per heavy atom. The highest BCUT2D eigenvalue weighted by Gasteiger charge is 2.26. The minimum absolute atomic E-state index is 0.00107. The monoisotopic (exact) mass is 559 g/mol. The molecule has 2 fully saturated rings. The van der Waals surface area contributed by atoms with Crippen LogP contribution in [0.4, 0.5) is 14.7 Å². The van der Waals surface area contributed by atoms with Crippen molar-refractivity contribution < 1.29 is 28.5 Å². The number of amides is 1. The zero-order chi connectivity index (χ0) is 28.1. The fourth-order valence-electron chi connectivity index (χ4n) is 5.44. The molecule has 216 valence electrons. The van der Waals surface area contributed by atoms with E-state index in [0.29, 0.717) is 61.4 Å².